The zero-order valence-corrected chi connectivity index (χ0v) is 26.3. The number of carbonyl (C=O) groups excluding carboxylic acids is 2. The first-order valence-corrected chi connectivity index (χ1v) is 16.0. The lowest BCUT2D eigenvalue weighted by atomic mass is 9.92. The second-order valence-corrected chi connectivity index (χ2v) is 12.0. The summed E-state index contributed by atoms with van der Waals surface area (Å²) in [5, 5.41) is 10.4. The SMILES string of the molecule is C=CCN1C[C@H](C)N(C(c2cccc(O)c2)c2cccc(C(=O)N3CCN(CCCCCC(=O)OCC)CC3)c2)C[C@H]1C. The normalized spacial score (nSPS) is 21.0. The van der Waals surface area contributed by atoms with Gasteiger partial charge in [0.05, 0.1) is 12.6 Å². The van der Waals surface area contributed by atoms with Crippen molar-refractivity contribution in [2.24, 2.45) is 0 Å². The lowest BCUT2D eigenvalue weighted by Gasteiger charge is -2.47. The second kappa shape index (κ2) is 16.0. The standard InChI is InChI=1S/C35H50N4O4/c1-5-17-38-25-28(4)39(26-27(38)3)34(30-13-11-15-32(40)24-30)29-12-10-14-31(23-29)35(42)37-21-19-36(20-22-37)18-9-7-8-16-33(41)43-6-2/h5,10-15,23-24,27-28,34,40H,1,6-9,16-22,25-26H2,2-4H3/t27-,28+,34?/m1/s1. The van der Waals surface area contributed by atoms with E-state index in [0.29, 0.717) is 37.7 Å². The lowest BCUT2D eigenvalue weighted by molar-refractivity contribution is -0.143. The van der Waals surface area contributed by atoms with E-state index < -0.39 is 0 Å². The van der Waals surface area contributed by atoms with Crippen molar-refractivity contribution in [1.29, 1.82) is 0 Å². The molecule has 2 fully saturated rings. The fraction of sp³-hybridized carbons (Fsp3) is 0.543. The molecule has 0 bridgehead atoms. The van der Waals surface area contributed by atoms with Gasteiger partial charge in [-0.15, -0.1) is 6.58 Å². The van der Waals surface area contributed by atoms with Crippen molar-refractivity contribution in [1.82, 2.24) is 19.6 Å². The lowest BCUT2D eigenvalue weighted by Crippen LogP contribution is -2.57. The van der Waals surface area contributed by atoms with E-state index in [1.165, 1.54) is 0 Å². The second-order valence-electron chi connectivity index (χ2n) is 12.0. The highest BCUT2D eigenvalue weighted by Gasteiger charge is 2.35. The molecule has 4 rings (SSSR count). The average Bonchev–Trinajstić information content (AvgIpc) is 3.00. The summed E-state index contributed by atoms with van der Waals surface area (Å²) >= 11 is 0. The highest BCUT2D eigenvalue weighted by atomic mass is 16.5. The van der Waals surface area contributed by atoms with Crippen LogP contribution in [-0.2, 0) is 9.53 Å². The first-order valence-electron chi connectivity index (χ1n) is 16.0. The monoisotopic (exact) mass is 590 g/mol. The number of rotatable bonds is 13. The van der Waals surface area contributed by atoms with Gasteiger partial charge in [-0.3, -0.25) is 24.3 Å². The number of aromatic hydroxyl groups is 1. The molecule has 0 spiro atoms. The van der Waals surface area contributed by atoms with E-state index in [-0.39, 0.29) is 29.7 Å². The van der Waals surface area contributed by atoms with Crippen molar-refractivity contribution in [2.75, 3.05) is 59.0 Å². The van der Waals surface area contributed by atoms with E-state index >= 15 is 0 Å². The number of hydrogen-bond acceptors (Lipinski definition) is 7. The molecule has 1 amide bonds. The van der Waals surface area contributed by atoms with E-state index in [2.05, 4.69) is 53.3 Å². The summed E-state index contributed by atoms with van der Waals surface area (Å²) in [6.45, 7) is 17.5. The van der Waals surface area contributed by atoms with Crippen molar-refractivity contribution < 1.29 is 19.4 Å². The molecular formula is C35H50N4O4. The number of esters is 1. The van der Waals surface area contributed by atoms with Crippen molar-refractivity contribution in [3.8, 4) is 5.75 Å². The van der Waals surface area contributed by atoms with E-state index in [1.54, 1.807) is 6.07 Å². The van der Waals surface area contributed by atoms with Crippen LogP contribution in [0.15, 0.2) is 61.2 Å². The highest BCUT2D eigenvalue weighted by molar-refractivity contribution is 5.94. The van der Waals surface area contributed by atoms with Crippen LogP contribution in [0.2, 0.25) is 0 Å². The molecule has 1 N–H and O–H groups in total. The summed E-state index contributed by atoms with van der Waals surface area (Å²) in [4.78, 5) is 34.6. The molecular weight excluding hydrogens is 540 g/mol. The van der Waals surface area contributed by atoms with Gasteiger partial charge in [-0.1, -0.05) is 36.8 Å². The topological polar surface area (TPSA) is 76.6 Å². The van der Waals surface area contributed by atoms with E-state index in [0.717, 1.165) is 69.7 Å². The number of nitrogens with zero attached hydrogens (tertiary/aromatic N) is 4. The molecule has 8 nitrogen and oxygen atoms in total. The maximum Gasteiger partial charge on any atom is 0.305 e. The van der Waals surface area contributed by atoms with Crippen LogP contribution in [0.25, 0.3) is 0 Å². The molecule has 3 atom stereocenters. The zero-order valence-electron chi connectivity index (χ0n) is 26.3. The number of piperazine rings is 2. The third kappa shape index (κ3) is 8.91. The molecule has 2 aliphatic heterocycles. The molecule has 234 valence electrons. The number of ether oxygens (including phenoxy) is 1. The Kier molecular flexibility index (Phi) is 12.2. The Hall–Kier alpha value is -3.20. The van der Waals surface area contributed by atoms with Crippen LogP contribution in [-0.4, -0.2) is 108 Å². The van der Waals surface area contributed by atoms with Crippen molar-refractivity contribution >= 4 is 11.9 Å². The molecule has 2 aromatic carbocycles. The summed E-state index contributed by atoms with van der Waals surface area (Å²) in [6.07, 6.45) is 5.37. The molecule has 2 saturated heterocycles. The van der Waals surface area contributed by atoms with Crippen LogP contribution in [0.5, 0.6) is 5.75 Å². The summed E-state index contributed by atoms with van der Waals surface area (Å²) in [6, 6.07) is 16.2. The maximum absolute atomic E-state index is 13.7. The van der Waals surface area contributed by atoms with Crippen LogP contribution in [0, 0.1) is 0 Å². The number of amides is 1. The fourth-order valence-corrected chi connectivity index (χ4v) is 6.49. The number of phenolic OH excluding ortho intramolecular Hbond substituents is 1. The van der Waals surface area contributed by atoms with Crippen molar-refractivity contribution in [3.63, 3.8) is 0 Å². The third-order valence-electron chi connectivity index (χ3n) is 8.81. The number of hydrogen-bond donors (Lipinski definition) is 1. The predicted molar refractivity (Wildman–Crippen MR) is 171 cm³/mol. The van der Waals surface area contributed by atoms with E-state index in [4.69, 9.17) is 4.74 Å². The van der Waals surface area contributed by atoms with Gasteiger partial charge in [-0.05, 0) is 75.5 Å². The Morgan fingerprint density at radius 3 is 2.40 bits per heavy atom. The van der Waals surface area contributed by atoms with Crippen LogP contribution < -0.4 is 0 Å². The summed E-state index contributed by atoms with van der Waals surface area (Å²) < 4.78 is 5.00. The molecule has 2 aromatic rings. The van der Waals surface area contributed by atoms with Crippen molar-refractivity contribution in [3.05, 3.63) is 77.9 Å². The molecule has 0 aromatic heterocycles. The quantitative estimate of drug-likeness (QED) is 0.201. The first-order chi connectivity index (χ1) is 20.8. The number of benzene rings is 2. The Labute approximate surface area is 257 Å². The van der Waals surface area contributed by atoms with Gasteiger partial charge in [0.15, 0.2) is 0 Å². The largest absolute Gasteiger partial charge is 0.508 e. The summed E-state index contributed by atoms with van der Waals surface area (Å²) in [7, 11) is 0. The van der Waals surface area contributed by atoms with Gasteiger partial charge in [0.25, 0.3) is 5.91 Å². The van der Waals surface area contributed by atoms with Gasteiger partial charge in [0, 0.05) is 69.9 Å². The predicted octanol–water partition coefficient (Wildman–Crippen LogP) is 4.94. The molecule has 0 saturated carbocycles. The first kappa shape index (κ1) is 32.7. The molecule has 0 aliphatic carbocycles. The maximum atomic E-state index is 13.7. The smallest absolute Gasteiger partial charge is 0.305 e. The molecule has 2 aliphatic rings. The Morgan fingerprint density at radius 1 is 0.977 bits per heavy atom. The average molecular weight is 591 g/mol. The van der Waals surface area contributed by atoms with E-state index in [9.17, 15) is 14.7 Å². The molecule has 1 unspecified atom stereocenters. The van der Waals surface area contributed by atoms with Gasteiger partial charge >= 0.3 is 5.97 Å². The van der Waals surface area contributed by atoms with Gasteiger partial charge in [-0.2, -0.15) is 0 Å². The van der Waals surface area contributed by atoms with Crippen molar-refractivity contribution in [2.45, 2.75) is 64.6 Å². The summed E-state index contributed by atoms with van der Waals surface area (Å²) in [5.74, 6) is 0.211. The van der Waals surface area contributed by atoms with Crippen LogP contribution in [0.1, 0.15) is 74.0 Å². The van der Waals surface area contributed by atoms with E-state index in [1.807, 2.05) is 42.2 Å². The van der Waals surface area contributed by atoms with Gasteiger partial charge in [0.2, 0.25) is 0 Å². The molecule has 43 heavy (non-hydrogen) atoms. The Balaban J connectivity index is 1.41. The number of phenols is 1. The van der Waals surface area contributed by atoms with Gasteiger partial charge in [0.1, 0.15) is 5.75 Å². The minimum absolute atomic E-state index is 0.0721. The van der Waals surface area contributed by atoms with Crippen LogP contribution in [0.4, 0.5) is 0 Å². The minimum Gasteiger partial charge on any atom is -0.508 e. The molecule has 8 heteroatoms. The number of carbonyl (C=O) groups is 2. The molecule has 2 heterocycles. The van der Waals surface area contributed by atoms with Gasteiger partial charge < -0.3 is 14.7 Å². The zero-order chi connectivity index (χ0) is 30.8. The van der Waals surface area contributed by atoms with Crippen LogP contribution in [0.3, 0.4) is 0 Å². The number of unbranched alkanes of at least 4 members (excludes halogenated alkanes) is 2. The minimum atomic E-state index is -0.109. The fourth-order valence-electron chi connectivity index (χ4n) is 6.49. The van der Waals surface area contributed by atoms with Gasteiger partial charge in [-0.25, -0.2) is 0 Å². The third-order valence-corrected chi connectivity index (χ3v) is 8.81. The Bertz CT molecular complexity index is 1210. The highest BCUT2D eigenvalue weighted by Crippen LogP contribution is 2.35. The summed E-state index contributed by atoms with van der Waals surface area (Å²) in [5.41, 5.74) is 2.80. The Morgan fingerprint density at radius 2 is 1.70 bits per heavy atom. The van der Waals surface area contributed by atoms with Crippen LogP contribution >= 0.6 is 0 Å². The molecule has 0 radical (unpaired) electrons.